The molecule has 0 aromatic heterocycles. The van der Waals surface area contributed by atoms with Gasteiger partial charge in [0.25, 0.3) is 0 Å². The van der Waals surface area contributed by atoms with Crippen molar-refractivity contribution in [3.05, 3.63) is 12.2 Å². The average Bonchev–Trinajstić information content (AvgIpc) is 2.00. The summed E-state index contributed by atoms with van der Waals surface area (Å²) in [5, 5.41) is 8.61. The second-order valence-electron chi connectivity index (χ2n) is 3.76. The van der Waals surface area contributed by atoms with Gasteiger partial charge in [-0.25, -0.2) is 4.79 Å². The highest BCUT2D eigenvalue weighted by Crippen LogP contribution is 2.17. The fourth-order valence-electron chi connectivity index (χ4n) is 0.894. The Bertz CT molecular complexity index is 194. The predicted molar refractivity (Wildman–Crippen MR) is 51.3 cm³/mol. The molecule has 0 rings (SSSR count). The average molecular weight is 186 g/mol. The number of esters is 1. The predicted octanol–water partition coefficient (Wildman–Crippen LogP) is 1.66. The van der Waals surface area contributed by atoms with Crippen LogP contribution in [0.25, 0.3) is 0 Å². The van der Waals surface area contributed by atoms with Gasteiger partial charge in [0.15, 0.2) is 0 Å². The summed E-state index contributed by atoms with van der Waals surface area (Å²) in [6.45, 7) is 8.88. The fourth-order valence-corrected chi connectivity index (χ4v) is 0.894. The molecule has 0 saturated heterocycles. The first kappa shape index (κ1) is 12.2. The Hall–Kier alpha value is -0.830. The minimum Gasteiger partial charge on any atom is -0.456 e. The number of rotatable bonds is 5. The molecular weight excluding hydrogens is 168 g/mol. The van der Waals surface area contributed by atoms with Crippen molar-refractivity contribution in [1.29, 1.82) is 0 Å². The Kier molecular flexibility index (Phi) is 4.70. The van der Waals surface area contributed by atoms with E-state index in [-0.39, 0.29) is 12.6 Å². The summed E-state index contributed by atoms with van der Waals surface area (Å²) < 4.78 is 5.15. The molecule has 76 valence electrons. The lowest BCUT2D eigenvalue weighted by Crippen LogP contribution is -2.28. The number of carbonyl (C=O) groups excluding carboxylic acids is 1. The van der Waals surface area contributed by atoms with Crippen LogP contribution in [0.2, 0.25) is 0 Å². The molecule has 1 N–H and O–H groups in total. The summed E-state index contributed by atoms with van der Waals surface area (Å²) in [4.78, 5) is 11.1. The molecule has 0 amide bonds. The number of ether oxygens (including phenoxy) is 1. The molecule has 3 heteroatoms. The summed E-state index contributed by atoms with van der Waals surface area (Å²) in [6.07, 6.45) is 1.29. The first-order valence-corrected chi connectivity index (χ1v) is 4.39. The van der Waals surface area contributed by atoms with Crippen molar-refractivity contribution in [1.82, 2.24) is 0 Å². The van der Waals surface area contributed by atoms with Gasteiger partial charge >= 0.3 is 5.97 Å². The van der Waals surface area contributed by atoms with Gasteiger partial charge in [0.1, 0.15) is 5.60 Å². The zero-order valence-corrected chi connectivity index (χ0v) is 8.59. The molecule has 0 fully saturated rings. The molecule has 0 aliphatic carbocycles. The van der Waals surface area contributed by atoms with Crippen LogP contribution in [0.1, 0.15) is 33.6 Å². The number of hydrogen-bond acceptors (Lipinski definition) is 3. The monoisotopic (exact) mass is 186 g/mol. The molecule has 0 heterocycles. The van der Waals surface area contributed by atoms with Gasteiger partial charge in [0.2, 0.25) is 0 Å². The van der Waals surface area contributed by atoms with Gasteiger partial charge in [0, 0.05) is 12.2 Å². The quantitative estimate of drug-likeness (QED) is 0.524. The van der Waals surface area contributed by atoms with Crippen molar-refractivity contribution in [2.45, 2.75) is 39.2 Å². The minimum atomic E-state index is -0.515. The summed E-state index contributed by atoms with van der Waals surface area (Å²) >= 11 is 0. The smallest absolute Gasteiger partial charge is 0.333 e. The van der Waals surface area contributed by atoms with Crippen molar-refractivity contribution < 1.29 is 14.6 Å². The third-order valence-electron chi connectivity index (χ3n) is 1.65. The maximum Gasteiger partial charge on any atom is 0.333 e. The van der Waals surface area contributed by atoms with Crippen molar-refractivity contribution in [2.75, 3.05) is 6.61 Å². The molecule has 0 aromatic carbocycles. The van der Waals surface area contributed by atoms with Crippen LogP contribution in [-0.2, 0) is 9.53 Å². The summed E-state index contributed by atoms with van der Waals surface area (Å²) in [6, 6.07) is 0. The highest BCUT2D eigenvalue weighted by atomic mass is 16.6. The van der Waals surface area contributed by atoms with E-state index in [9.17, 15) is 4.79 Å². The van der Waals surface area contributed by atoms with Gasteiger partial charge in [-0.2, -0.15) is 0 Å². The van der Waals surface area contributed by atoms with Crippen LogP contribution in [0.3, 0.4) is 0 Å². The number of hydrogen-bond donors (Lipinski definition) is 1. The van der Waals surface area contributed by atoms with Gasteiger partial charge < -0.3 is 9.84 Å². The van der Waals surface area contributed by atoms with E-state index in [2.05, 4.69) is 6.58 Å². The van der Waals surface area contributed by atoms with Crippen LogP contribution in [0, 0.1) is 0 Å². The Balaban J connectivity index is 4.00. The van der Waals surface area contributed by atoms with Crippen LogP contribution < -0.4 is 0 Å². The normalized spacial score (nSPS) is 11.1. The molecule has 0 aromatic rings. The lowest BCUT2D eigenvalue weighted by atomic mass is 10.0. The second kappa shape index (κ2) is 5.02. The summed E-state index contributed by atoms with van der Waals surface area (Å²) in [7, 11) is 0. The zero-order chi connectivity index (χ0) is 10.5. The van der Waals surface area contributed by atoms with Gasteiger partial charge in [-0.1, -0.05) is 6.58 Å². The Morgan fingerprint density at radius 3 is 2.46 bits per heavy atom. The summed E-state index contributed by atoms with van der Waals surface area (Å²) in [5.41, 5.74) is -0.115. The van der Waals surface area contributed by atoms with Crippen LogP contribution in [0.4, 0.5) is 0 Å². The van der Waals surface area contributed by atoms with Gasteiger partial charge in [-0.05, 0) is 33.6 Å². The number of aliphatic hydroxyl groups excluding tert-OH is 1. The van der Waals surface area contributed by atoms with Crippen molar-refractivity contribution in [3.63, 3.8) is 0 Å². The largest absolute Gasteiger partial charge is 0.456 e. The molecule has 13 heavy (non-hydrogen) atoms. The van der Waals surface area contributed by atoms with Crippen LogP contribution in [0.15, 0.2) is 12.2 Å². The molecule has 0 saturated carbocycles. The third kappa shape index (κ3) is 5.42. The standard InChI is InChI=1S/C10H18O3/c1-8(2)9(12)13-10(3,4)6-5-7-11/h11H,1,5-7H2,2-4H3. The maximum absolute atomic E-state index is 11.1. The molecule has 0 atom stereocenters. The molecular formula is C10H18O3. The van der Waals surface area contributed by atoms with Gasteiger partial charge in [0.05, 0.1) is 0 Å². The van der Waals surface area contributed by atoms with Gasteiger partial charge in [-0.15, -0.1) is 0 Å². The lowest BCUT2D eigenvalue weighted by Gasteiger charge is -2.24. The van der Waals surface area contributed by atoms with E-state index in [1.54, 1.807) is 6.92 Å². The Morgan fingerprint density at radius 1 is 1.54 bits per heavy atom. The molecule has 0 aliphatic heterocycles. The Labute approximate surface area is 79.4 Å². The number of carbonyl (C=O) groups is 1. The summed E-state index contributed by atoms with van der Waals surface area (Å²) in [5.74, 6) is -0.372. The van der Waals surface area contributed by atoms with E-state index in [4.69, 9.17) is 9.84 Å². The first-order chi connectivity index (χ1) is 5.89. The highest BCUT2D eigenvalue weighted by Gasteiger charge is 2.22. The molecule has 3 nitrogen and oxygen atoms in total. The molecule has 0 unspecified atom stereocenters. The topological polar surface area (TPSA) is 46.5 Å². The van der Waals surface area contributed by atoms with E-state index >= 15 is 0 Å². The minimum absolute atomic E-state index is 0.119. The van der Waals surface area contributed by atoms with E-state index in [1.807, 2.05) is 13.8 Å². The van der Waals surface area contributed by atoms with Crippen LogP contribution >= 0.6 is 0 Å². The van der Waals surface area contributed by atoms with E-state index in [0.717, 1.165) is 0 Å². The molecule has 0 spiro atoms. The van der Waals surface area contributed by atoms with Crippen LogP contribution in [0.5, 0.6) is 0 Å². The second-order valence-corrected chi connectivity index (χ2v) is 3.76. The highest BCUT2D eigenvalue weighted by molar-refractivity contribution is 5.87. The maximum atomic E-state index is 11.1. The van der Waals surface area contributed by atoms with Crippen molar-refractivity contribution in [3.8, 4) is 0 Å². The third-order valence-corrected chi connectivity index (χ3v) is 1.65. The van der Waals surface area contributed by atoms with E-state index < -0.39 is 5.60 Å². The van der Waals surface area contributed by atoms with Crippen LogP contribution in [-0.4, -0.2) is 23.3 Å². The molecule has 0 bridgehead atoms. The van der Waals surface area contributed by atoms with Crippen molar-refractivity contribution in [2.24, 2.45) is 0 Å². The fraction of sp³-hybridized carbons (Fsp3) is 0.700. The van der Waals surface area contributed by atoms with Crippen molar-refractivity contribution >= 4 is 5.97 Å². The molecule has 0 aliphatic rings. The first-order valence-electron chi connectivity index (χ1n) is 4.39. The molecule has 0 radical (unpaired) electrons. The Morgan fingerprint density at radius 2 is 2.08 bits per heavy atom. The number of aliphatic hydroxyl groups is 1. The van der Waals surface area contributed by atoms with E-state index in [0.29, 0.717) is 18.4 Å². The SMILES string of the molecule is C=C(C)C(=O)OC(C)(C)CCCO. The zero-order valence-electron chi connectivity index (χ0n) is 8.59. The lowest BCUT2D eigenvalue weighted by molar-refractivity contribution is -0.152. The van der Waals surface area contributed by atoms with Gasteiger partial charge in [-0.3, -0.25) is 0 Å². The van der Waals surface area contributed by atoms with E-state index in [1.165, 1.54) is 0 Å².